The number of halogens is 1. The minimum absolute atomic E-state index is 0.541. The highest BCUT2D eigenvalue weighted by atomic mass is 35.5. The molecule has 0 aliphatic rings. The zero-order valence-electron chi connectivity index (χ0n) is 3.43. The van der Waals surface area contributed by atoms with Crippen LogP contribution in [0.25, 0.3) is 0 Å². The summed E-state index contributed by atoms with van der Waals surface area (Å²) in [6.45, 7) is 0. The Morgan fingerprint density at radius 2 is 2.00 bits per heavy atom. The second-order valence-electron chi connectivity index (χ2n) is 1.00. The quantitative estimate of drug-likeness (QED) is 0.500. The largest absolute Gasteiger partial charge is 0.232 e. The molecule has 7 heavy (non-hydrogen) atoms. The molecule has 1 rings (SSSR count). The fourth-order valence-electron chi connectivity index (χ4n) is 0.248. The SMILES string of the molecule is Clc1cn[c]nc1. The fourth-order valence-corrected chi connectivity index (χ4v) is 0.345. The van der Waals surface area contributed by atoms with E-state index >= 15 is 0 Å². The minimum Gasteiger partial charge on any atom is -0.232 e. The second-order valence-corrected chi connectivity index (χ2v) is 1.44. The summed E-state index contributed by atoms with van der Waals surface area (Å²) in [4.78, 5) is 7.03. The Hall–Kier alpha value is -0.630. The van der Waals surface area contributed by atoms with Crippen LogP contribution in [0, 0.1) is 6.33 Å². The third-order valence-electron chi connectivity index (χ3n) is 0.491. The molecule has 0 N–H and O–H groups in total. The first-order valence-electron chi connectivity index (χ1n) is 1.73. The zero-order chi connectivity index (χ0) is 5.11. The van der Waals surface area contributed by atoms with Crippen molar-refractivity contribution in [2.24, 2.45) is 0 Å². The van der Waals surface area contributed by atoms with Crippen LogP contribution in [0.1, 0.15) is 0 Å². The highest BCUT2D eigenvalue weighted by Gasteiger charge is 1.78. The van der Waals surface area contributed by atoms with E-state index in [1.165, 1.54) is 12.4 Å². The van der Waals surface area contributed by atoms with Gasteiger partial charge in [-0.3, -0.25) is 0 Å². The molecular formula is C4H2ClN2. The first kappa shape index (κ1) is 4.53. The van der Waals surface area contributed by atoms with Crippen LogP contribution < -0.4 is 0 Å². The average molecular weight is 114 g/mol. The van der Waals surface area contributed by atoms with Crippen molar-refractivity contribution in [2.45, 2.75) is 0 Å². The van der Waals surface area contributed by atoms with Gasteiger partial charge in [0.25, 0.3) is 0 Å². The predicted molar refractivity (Wildman–Crippen MR) is 25.9 cm³/mol. The molecule has 1 heterocycles. The maximum Gasteiger partial charge on any atom is 0.197 e. The number of aromatic nitrogens is 2. The average Bonchev–Trinajstić information content (AvgIpc) is 1.69. The molecule has 3 heteroatoms. The van der Waals surface area contributed by atoms with Gasteiger partial charge in [-0.05, 0) is 0 Å². The molecule has 0 unspecified atom stereocenters. The van der Waals surface area contributed by atoms with Gasteiger partial charge < -0.3 is 0 Å². The van der Waals surface area contributed by atoms with E-state index in [-0.39, 0.29) is 0 Å². The van der Waals surface area contributed by atoms with Crippen LogP contribution in [-0.2, 0) is 0 Å². The molecule has 0 atom stereocenters. The number of hydrogen-bond acceptors (Lipinski definition) is 2. The molecular weight excluding hydrogens is 112 g/mol. The van der Waals surface area contributed by atoms with Crippen LogP contribution in [0.4, 0.5) is 0 Å². The third-order valence-corrected chi connectivity index (χ3v) is 0.686. The summed E-state index contributed by atoms with van der Waals surface area (Å²) in [5.41, 5.74) is 0. The maximum atomic E-state index is 5.39. The van der Waals surface area contributed by atoms with E-state index < -0.39 is 0 Å². The first-order valence-corrected chi connectivity index (χ1v) is 2.11. The highest BCUT2D eigenvalue weighted by Crippen LogP contribution is 1.98. The Morgan fingerprint density at radius 3 is 2.29 bits per heavy atom. The first-order chi connectivity index (χ1) is 3.39. The summed E-state index contributed by atoms with van der Waals surface area (Å²) >= 11 is 5.39. The van der Waals surface area contributed by atoms with Crippen LogP contribution in [0.3, 0.4) is 0 Å². The molecule has 0 bridgehead atoms. The van der Waals surface area contributed by atoms with Crippen molar-refractivity contribution in [2.75, 3.05) is 0 Å². The van der Waals surface area contributed by atoms with Gasteiger partial charge in [0.05, 0.1) is 5.02 Å². The fraction of sp³-hybridized carbons (Fsp3) is 0. The van der Waals surface area contributed by atoms with E-state index in [2.05, 4.69) is 16.3 Å². The van der Waals surface area contributed by atoms with Crippen LogP contribution in [0.15, 0.2) is 12.4 Å². The monoisotopic (exact) mass is 113 g/mol. The zero-order valence-corrected chi connectivity index (χ0v) is 4.18. The third kappa shape index (κ3) is 1.12. The molecule has 35 valence electrons. The van der Waals surface area contributed by atoms with Crippen molar-refractivity contribution in [3.8, 4) is 0 Å². The summed E-state index contributed by atoms with van der Waals surface area (Å²) in [6.07, 6.45) is 5.31. The normalized spacial score (nSPS) is 8.71. The number of rotatable bonds is 0. The van der Waals surface area contributed by atoms with Gasteiger partial charge in [-0.2, -0.15) is 0 Å². The van der Waals surface area contributed by atoms with Gasteiger partial charge >= 0.3 is 0 Å². The van der Waals surface area contributed by atoms with Gasteiger partial charge in [0.15, 0.2) is 6.33 Å². The van der Waals surface area contributed by atoms with E-state index in [1.807, 2.05) is 0 Å². The van der Waals surface area contributed by atoms with Crippen molar-refractivity contribution in [3.63, 3.8) is 0 Å². The topological polar surface area (TPSA) is 25.8 Å². The lowest BCUT2D eigenvalue weighted by molar-refractivity contribution is 1.15. The number of nitrogens with zero attached hydrogens (tertiary/aromatic N) is 2. The van der Waals surface area contributed by atoms with Crippen molar-refractivity contribution < 1.29 is 0 Å². The smallest absolute Gasteiger partial charge is 0.197 e. The summed E-state index contributed by atoms with van der Waals surface area (Å²) < 4.78 is 0. The van der Waals surface area contributed by atoms with Crippen molar-refractivity contribution in [1.29, 1.82) is 0 Å². The van der Waals surface area contributed by atoms with E-state index in [0.717, 1.165) is 0 Å². The molecule has 0 amide bonds. The van der Waals surface area contributed by atoms with Gasteiger partial charge in [0.2, 0.25) is 0 Å². The predicted octanol–water partition coefficient (Wildman–Crippen LogP) is 0.930. The van der Waals surface area contributed by atoms with Gasteiger partial charge in [-0.15, -0.1) is 0 Å². The van der Waals surface area contributed by atoms with E-state index in [9.17, 15) is 0 Å². The van der Waals surface area contributed by atoms with Crippen LogP contribution in [-0.4, -0.2) is 9.97 Å². The highest BCUT2D eigenvalue weighted by molar-refractivity contribution is 6.30. The Kier molecular flexibility index (Phi) is 1.22. The summed E-state index contributed by atoms with van der Waals surface area (Å²) in [5, 5.41) is 0.541. The maximum absolute atomic E-state index is 5.39. The van der Waals surface area contributed by atoms with Crippen LogP contribution in [0.5, 0.6) is 0 Å². The molecule has 0 fully saturated rings. The lowest BCUT2D eigenvalue weighted by Crippen LogP contribution is -1.72. The molecule has 1 aromatic heterocycles. The van der Waals surface area contributed by atoms with Gasteiger partial charge in [0, 0.05) is 12.4 Å². The summed E-state index contributed by atoms with van der Waals surface area (Å²) in [7, 11) is 0. The molecule has 0 saturated carbocycles. The Morgan fingerprint density at radius 1 is 1.43 bits per heavy atom. The molecule has 1 aromatic rings. The molecule has 0 spiro atoms. The van der Waals surface area contributed by atoms with Gasteiger partial charge in [0.1, 0.15) is 0 Å². The summed E-state index contributed by atoms with van der Waals surface area (Å²) in [5.74, 6) is 0. The lowest BCUT2D eigenvalue weighted by atomic mass is 10.7. The molecule has 2 nitrogen and oxygen atoms in total. The van der Waals surface area contributed by atoms with Crippen molar-refractivity contribution in [1.82, 2.24) is 9.97 Å². The minimum atomic E-state index is 0.541. The Bertz CT molecular complexity index is 140. The lowest BCUT2D eigenvalue weighted by Gasteiger charge is -1.77. The van der Waals surface area contributed by atoms with Crippen LogP contribution in [0.2, 0.25) is 5.02 Å². The van der Waals surface area contributed by atoms with Crippen LogP contribution >= 0.6 is 11.6 Å². The van der Waals surface area contributed by atoms with Crippen molar-refractivity contribution in [3.05, 3.63) is 23.7 Å². The van der Waals surface area contributed by atoms with Gasteiger partial charge in [-0.1, -0.05) is 11.6 Å². The molecule has 0 saturated heterocycles. The van der Waals surface area contributed by atoms with Crippen molar-refractivity contribution >= 4 is 11.6 Å². The van der Waals surface area contributed by atoms with E-state index in [4.69, 9.17) is 11.6 Å². The second kappa shape index (κ2) is 1.89. The Balaban J connectivity index is 3.02. The van der Waals surface area contributed by atoms with E-state index in [0.29, 0.717) is 5.02 Å². The summed E-state index contributed by atoms with van der Waals surface area (Å²) in [6, 6.07) is 0. The molecule has 0 aromatic carbocycles. The standard InChI is InChI=1S/C4H2ClN2/c5-4-1-6-3-7-2-4/h1-2H. The Labute approximate surface area is 46.2 Å². The molecule has 0 aliphatic carbocycles. The molecule has 1 radical (unpaired) electrons. The van der Waals surface area contributed by atoms with Gasteiger partial charge in [-0.25, -0.2) is 9.97 Å². The number of hydrogen-bond donors (Lipinski definition) is 0. The molecule has 0 aliphatic heterocycles. The van der Waals surface area contributed by atoms with E-state index in [1.54, 1.807) is 0 Å².